The Morgan fingerprint density at radius 3 is 2.60 bits per heavy atom. The number of hydrogen-bond acceptors (Lipinski definition) is 2. The Balaban J connectivity index is 2.08. The Bertz CT molecular complexity index is 549. The molecule has 0 saturated heterocycles. The lowest BCUT2D eigenvalue weighted by Gasteiger charge is -2.20. The van der Waals surface area contributed by atoms with E-state index in [-0.39, 0.29) is 17.7 Å². The highest BCUT2D eigenvalue weighted by molar-refractivity contribution is 6.30. The zero-order valence-electron chi connectivity index (χ0n) is 11.6. The number of H-pyrrole nitrogens is 1. The molecule has 1 heterocycles. The van der Waals surface area contributed by atoms with Crippen LogP contribution >= 0.6 is 11.6 Å². The molecule has 106 valence electrons. The molecule has 0 fully saturated rings. The lowest BCUT2D eigenvalue weighted by atomic mass is 9.87. The molecule has 0 bridgehead atoms. The number of benzene rings is 1. The van der Waals surface area contributed by atoms with Gasteiger partial charge in [-0.05, 0) is 23.6 Å². The lowest BCUT2D eigenvalue weighted by Crippen LogP contribution is -2.31. The topological polar surface area (TPSA) is 57.8 Å². The first-order valence-electron chi connectivity index (χ1n) is 6.58. The molecule has 1 unspecified atom stereocenters. The van der Waals surface area contributed by atoms with Crippen molar-refractivity contribution in [3.8, 4) is 0 Å². The summed E-state index contributed by atoms with van der Waals surface area (Å²) < 4.78 is 0. The van der Waals surface area contributed by atoms with Gasteiger partial charge in [0.25, 0.3) is 0 Å². The van der Waals surface area contributed by atoms with E-state index < -0.39 is 0 Å². The second-order valence-electron chi connectivity index (χ2n) is 5.07. The fourth-order valence-electron chi connectivity index (χ4n) is 2.18. The van der Waals surface area contributed by atoms with E-state index in [0.29, 0.717) is 11.6 Å². The first kappa shape index (κ1) is 14.6. The summed E-state index contributed by atoms with van der Waals surface area (Å²) in [5.41, 5.74) is 1.86. The number of aromatic amines is 1. The third kappa shape index (κ3) is 3.61. The number of amides is 1. The number of rotatable bonds is 5. The van der Waals surface area contributed by atoms with Crippen molar-refractivity contribution >= 4 is 17.5 Å². The van der Waals surface area contributed by atoms with Gasteiger partial charge < -0.3 is 10.3 Å². The van der Waals surface area contributed by atoms with Crippen molar-refractivity contribution in [1.82, 2.24) is 15.3 Å². The Morgan fingerprint density at radius 2 is 2.05 bits per heavy atom. The summed E-state index contributed by atoms with van der Waals surface area (Å²) in [7, 11) is 0. The van der Waals surface area contributed by atoms with Gasteiger partial charge in [0, 0.05) is 11.2 Å². The maximum Gasteiger partial charge on any atom is 0.228 e. The number of carbonyl (C=O) groups is 1. The fourth-order valence-corrected chi connectivity index (χ4v) is 2.31. The maximum absolute atomic E-state index is 12.4. The monoisotopic (exact) mass is 291 g/mol. The van der Waals surface area contributed by atoms with Crippen molar-refractivity contribution in [2.45, 2.75) is 26.3 Å². The molecule has 0 aliphatic carbocycles. The van der Waals surface area contributed by atoms with Crippen molar-refractivity contribution in [3.63, 3.8) is 0 Å². The summed E-state index contributed by atoms with van der Waals surface area (Å²) in [6, 6.07) is 7.44. The van der Waals surface area contributed by atoms with Gasteiger partial charge in [-0.15, -0.1) is 0 Å². The summed E-state index contributed by atoms with van der Waals surface area (Å²) in [4.78, 5) is 19.3. The van der Waals surface area contributed by atoms with Crippen molar-refractivity contribution in [2.75, 3.05) is 0 Å². The first-order chi connectivity index (χ1) is 9.58. The number of nitrogens with one attached hydrogen (secondary N) is 2. The van der Waals surface area contributed by atoms with Crippen LogP contribution in [0, 0.1) is 5.92 Å². The molecule has 20 heavy (non-hydrogen) atoms. The SMILES string of the molecule is CC(C)C(C(=O)NCc1cnc[nH]1)c1ccc(Cl)cc1. The van der Waals surface area contributed by atoms with Gasteiger partial charge in [0.15, 0.2) is 0 Å². The molecule has 1 atom stereocenters. The Labute approximate surface area is 123 Å². The number of aromatic nitrogens is 2. The summed E-state index contributed by atoms with van der Waals surface area (Å²) in [5.74, 6) is 0.0325. The minimum absolute atomic E-state index is 0.0110. The minimum atomic E-state index is -0.185. The minimum Gasteiger partial charge on any atom is -0.350 e. The average Bonchev–Trinajstić information content (AvgIpc) is 2.92. The lowest BCUT2D eigenvalue weighted by molar-refractivity contribution is -0.123. The van der Waals surface area contributed by atoms with E-state index in [4.69, 9.17) is 11.6 Å². The highest BCUT2D eigenvalue weighted by Crippen LogP contribution is 2.26. The largest absolute Gasteiger partial charge is 0.350 e. The molecule has 1 amide bonds. The molecule has 2 aromatic rings. The number of nitrogens with zero attached hydrogens (tertiary/aromatic N) is 1. The fraction of sp³-hybridized carbons (Fsp3) is 0.333. The molecule has 0 aliphatic rings. The third-order valence-electron chi connectivity index (χ3n) is 3.19. The molecule has 0 spiro atoms. The molecule has 0 radical (unpaired) electrons. The molecule has 0 aliphatic heterocycles. The Morgan fingerprint density at radius 1 is 1.35 bits per heavy atom. The van der Waals surface area contributed by atoms with Crippen LogP contribution in [0.3, 0.4) is 0 Å². The molecule has 4 nitrogen and oxygen atoms in total. The highest BCUT2D eigenvalue weighted by Gasteiger charge is 2.23. The van der Waals surface area contributed by atoms with E-state index >= 15 is 0 Å². The molecule has 0 saturated carbocycles. The molecular weight excluding hydrogens is 274 g/mol. The van der Waals surface area contributed by atoms with Crippen LogP contribution in [0.15, 0.2) is 36.8 Å². The summed E-state index contributed by atoms with van der Waals surface area (Å²) in [5, 5.41) is 3.61. The second-order valence-corrected chi connectivity index (χ2v) is 5.50. The third-order valence-corrected chi connectivity index (χ3v) is 3.44. The number of hydrogen-bond donors (Lipinski definition) is 2. The van der Waals surface area contributed by atoms with Gasteiger partial charge in [0.05, 0.1) is 24.5 Å². The van der Waals surface area contributed by atoms with Gasteiger partial charge in [-0.1, -0.05) is 37.6 Å². The summed E-state index contributed by atoms with van der Waals surface area (Å²) >= 11 is 5.89. The standard InChI is InChI=1S/C15H18ClN3O/c1-10(2)14(11-3-5-12(16)6-4-11)15(20)18-8-13-7-17-9-19-13/h3-7,9-10,14H,8H2,1-2H3,(H,17,19)(H,18,20). The number of halogens is 1. The van der Waals surface area contributed by atoms with Crippen molar-refractivity contribution < 1.29 is 4.79 Å². The van der Waals surface area contributed by atoms with Crippen LogP contribution in [0.25, 0.3) is 0 Å². The Kier molecular flexibility index (Phi) is 4.79. The van der Waals surface area contributed by atoms with Crippen LogP contribution in [0.5, 0.6) is 0 Å². The Hall–Kier alpha value is -1.81. The molecule has 5 heteroatoms. The summed E-state index contributed by atoms with van der Waals surface area (Å²) in [6.07, 6.45) is 3.30. The quantitative estimate of drug-likeness (QED) is 0.889. The molecule has 1 aromatic heterocycles. The van der Waals surface area contributed by atoms with Crippen molar-refractivity contribution in [2.24, 2.45) is 5.92 Å². The molecule has 2 N–H and O–H groups in total. The normalized spacial score (nSPS) is 12.4. The predicted octanol–water partition coefficient (Wildman–Crippen LogP) is 3.12. The van der Waals surface area contributed by atoms with Gasteiger partial charge in [0.2, 0.25) is 5.91 Å². The van der Waals surface area contributed by atoms with Crippen LogP contribution < -0.4 is 5.32 Å². The van der Waals surface area contributed by atoms with Crippen LogP contribution in [-0.2, 0) is 11.3 Å². The smallest absolute Gasteiger partial charge is 0.228 e. The molecule has 1 aromatic carbocycles. The second kappa shape index (κ2) is 6.57. The van der Waals surface area contributed by atoms with Gasteiger partial charge >= 0.3 is 0 Å². The first-order valence-corrected chi connectivity index (χ1v) is 6.96. The van der Waals surface area contributed by atoms with Gasteiger partial charge in [-0.3, -0.25) is 4.79 Å². The molecule has 2 rings (SSSR count). The molecular formula is C15H18ClN3O. The van der Waals surface area contributed by atoms with E-state index in [1.54, 1.807) is 12.5 Å². The van der Waals surface area contributed by atoms with Crippen LogP contribution in [-0.4, -0.2) is 15.9 Å². The van der Waals surface area contributed by atoms with Crippen molar-refractivity contribution in [1.29, 1.82) is 0 Å². The van der Waals surface area contributed by atoms with Gasteiger partial charge in [0.1, 0.15) is 0 Å². The van der Waals surface area contributed by atoms with E-state index in [2.05, 4.69) is 15.3 Å². The highest BCUT2D eigenvalue weighted by atomic mass is 35.5. The zero-order valence-corrected chi connectivity index (χ0v) is 12.3. The van der Waals surface area contributed by atoms with E-state index in [1.165, 1.54) is 0 Å². The van der Waals surface area contributed by atoms with Crippen LogP contribution in [0.1, 0.15) is 31.0 Å². The average molecular weight is 292 g/mol. The van der Waals surface area contributed by atoms with E-state index in [1.807, 2.05) is 38.1 Å². The van der Waals surface area contributed by atoms with E-state index in [9.17, 15) is 4.79 Å². The van der Waals surface area contributed by atoms with E-state index in [0.717, 1.165) is 11.3 Å². The van der Waals surface area contributed by atoms with Gasteiger partial charge in [-0.2, -0.15) is 0 Å². The number of imidazole rings is 1. The van der Waals surface area contributed by atoms with Crippen molar-refractivity contribution in [3.05, 3.63) is 53.1 Å². The number of carbonyl (C=O) groups excluding carboxylic acids is 1. The zero-order chi connectivity index (χ0) is 14.5. The van der Waals surface area contributed by atoms with Crippen LogP contribution in [0.2, 0.25) is 5.02 Å². The van der Waals surface area contributed by atoms with Crippen LogP contribution in [0.4, 0.5) is 0 Å². The maximum atomic E-state index is 12.4. The van der Waals surface area contributed by atoms with Gasteiger partial charge in [-0.25, -0.2) is 4.98 Å². The summed E-state index contributed by atoms with van der Waals surface area (Å²) in [6.45, 7) is 4.53. The predicted molar refractivity (Wildman–Crippen MR) is 79.5 cm³/mol.